The number of hydrogen-bond donors (Lipinski definition) is 1. The number of carbonyl (C=O) groups excluding carboxylic acids is 1. The van der Waals surface area contributed by atoms with Gasteiger partial charge < -0.3 is 20.1 Å². The lowest BCUT2D eigenvalue weighted by Crippen LogP contribution is -2.43. The van der Waals surface area contributed by atoms with Crippen LogP contribution in [-0.4, -0.2) is 49.8 Å². The van der Waals surface area contributed by atoms with Gasteiger partial charge in [-0.05, 0) is 37.9 Å². The normalized spacial score (nSPS) is 15.7. The zero-order valence-corrected chi connectivity index (χ0v) is 13.0. The van der Waals surface area contributed by atoms with E-state index in [4.69, 9.17) is 15.2 Å². The van der Waals surface area contributed by atoms with Crippen LogP contribution < -0.4 is 10.5 Å². The molecule has 2 rings (SSSR count). The summed E-state index contributed by atoms with van der Waals surface area (Å²) in [5.41, 5.74) is 5.41. The van der Waals surface area contributed by atoms with Crippen molar-refractivity contribution in [2.75, 3.05) is 32.8 Å². The average molecular weight is 328 g/mol. The molecule has 23 heavy (non-hydrogen) atoms. The van der Waals surface area contributed by atoms with Crippen molar-refractivity contribution in [3.8, 4) is 5.75 Å². The van der Waals surface area contributed by atoms with E-state index >= 15 is 0 Å². The molecule has 0 radical (unpaired) electrons. The van der Waals surface area contributed by atoms with Crippen molar-refractivity contribution in [3.05, 3.63) is 29.8 Å². The van der Waals surface area contributed by atoms with Gasteiger partial charge in [-0.15, -0.1) is 0 Å². The van der Waals surface area contributed by atoms with E-state index in [1.54, 1.807) is 4.90 Å². The predicted octanol–water partition coefficient (Wildman–Crippen LogP) is 1.70. The molecule has 1 heterocycles. The third-order valence-corrected chi connectivity index (χ3v) is 3.74. The highest BCUT2D eigenvalue weighted by atomic mass is 19.1. The molecule has 1 aliphatic heterocycles. The van der Waals surface area contributed by atoms with Gasteiger partial charge in [-0.3, -0.25) is 4.79 Å². The maximum absolute atomic E-state index is 13.4. The number of halogens is 2. The molecule has 1 aromatic carbocycles. The smallest absolute Gasteiger partial charge is 0.260 e. The fourth-order valence-corrected chi connectivity index (χ4v) is 2.43. The second-order valence-corrected chi connectivity index (χ2v) is 5.46. The summed E-state index contributed by atoms with van der Waals surface area (Å²) in [6, 6.07) is 2.99. The number of carbonyl (C=O) groups is 1. The number of likely N-dealkylation sites (tertiary alicyclic amines) is 1. The first-order valence-corrected chi connectivity index (χ1v) is 7.77. The van der Waals surface area contributed by atoms with Crippen LogP contribution in [-0.2, 0) is 9.53 Å². The fraction of sp³-hybridized carbons (Fsp3) is 0.562. The quantitative estimate of drug-likeness (QED) is 0.774. The molecule has 0 aliphatic carbocycles. The molecular weight excluding hydrogens is 306 g/mol. The van der Waals surface area contributed by atoms with E-state index in [2.05, 4.69) is 0 Å². The molecule has 1 fully saturated rings. The number of benzene rings is 1. The standard InChI is InChI=1S/C16H22F2N2O3/c17-12-2-3-15(14(18)10-12)23-11-16(21)20-7-4-13(5-8-20)22-9-1-6-19/h2-3,10,13H,1,4-9,11,19H2. The molecule has 0 aromatic heterocycles. The monoisotopic (exact) mass is 328 g/mol. The second kappa shape index (κ2) is 8.79. The van der Waals surface area contributed by atoms with Crippen LogP contribution in [0.3, 0.4) is 0 Å². The Balaban J connectivity index is 1.72. The summed E-state index contributed by atoms with van der Waals surface area (Å²) in [6.45, 7) is 2.15. The Morgan fingerprint density at radius 3 is 2.70 bits per heavy atom. The number of amides is 1. The van der Waals surface area contributed by atoms with Crippen LogP contribution in [0.5, 0.6) is 5.75 Å². The Hall–Kier alpha value is -1.73. The van der Waals surface area contributed by atoms with Crippen LogP contribution in [0.2, 0.25) is 0 Å². The highest BCUT2D eigenvalue weighted by Crippen LogP contribution is 2.18. The number of rotatable bonds is 7. The van der Waals surface area contributed by atoms with E-state index < -0.39 is 11.6 Å². The van der Waals surface area contributed by atoms with Crippen LogP contribution in [0.4, 0.5) is 8.78 Å². The van der Waals surface area contributed by atoms with Gasteiger partial charge in [-0.1, -0.05) is 0 Å². The third-order valence-electron chi connectivity index (χ3n) is 3.74. The largest absolute Gasteiger partial charge is 0.481 e. The molecule has 1 aromatic rings. The molecule has 5 nitrogen and oxygen atoms in total. The molecule has 7 heteroatoms. The summed E-state index contributed by atoms with van der Waals surface area (Å²) < 4.78 is 37.0. The highest BCUT2D eigenvalue weighted by molar-refractivity contribution is 5.77. The first kappa shape index (κ1) is 17.6. The van der Waals surface area contributed by atoms with E-state index in [0.717, 1.165) is 31.4 Å². The van der Waals surface area contributed by atoms with E-state index in [9.17, 15) is 13.6 Å². The van der Waals surface area contributed by atoms with Crippen molar-refractivity contribution in [3.63, 3.8) is 0 Å². The van der Waals surface area contributed by atoms with Gasteiger partial charge in [-0.2, -0.15) is 0 Å². The van der Waals surface area contributed by atoms with Crippen LogP contribution in [0.15, 0.2) is 18.2 Å². The minimum atomic E-state index is -0.815. The van der Waals surface area contributed by atoms with Crippen LogP contribution >= 0.6 is 0 Å². The Morgan fingerprint density at radius 2 is 2.04 bits per heavy atom. The van der Waals surface area contributed by atoms with Gasteiger partial charge >= 0.3 is 0 Å². The summed E-state index contributed by atoms with van der Waals surface area (Å²) in [6.07, 6.45) is 2.51. The Kier molecular flexibility index (Phi) is 6.73. The zero-order valence-electron chi connectivity index (χ0n) is 13.0. The maximum Gasteiger partial charge on any atom is 0.260 e. The minimum absolute atomic E-state index is 0.125. The molecule has 0 bridgehead atoms. The highest BCUT2D eigenvalue weighted by Gasteiger charge is 2.23. The number of nitrogens with two attached hydrogens (primary N) is 1. The molecule has 0 spiro atoms. The summed E-state index contributed by atoms with van der Waals surface area (Å²) in [7, 11) is 0. The zero-order chi connectivity index (χ0) is 16.7. The van der Waals surface area contributed by atoms with Crippen LogP contribution in [0.25, 0.3) is 0 Å². The average Bonchev–Trinajstić information content (AvgIpc) is 2.55. The summed E-state index contributed by atoms with van der Waals surface area (Å²) in [5.74, 6) is -1.84. The molecule has 2 N–H and O–H groups in total. The van der Waals surface area contributed by atoms with Gasteiger partial charge in [0.15, 0.2) is 18.2 Å². The fourth-order valence-electron chi connectivity index (χ4n) is 2.43. The van der Waals surface area contributed by atoms with Gasteiger partial charge in [0.05, 0.1) is 6.10 Å². The van der Waals surface area contributed by atoms with E-state index in [1.165, 1.54) is 6.07 Å². The molecule has 1 aliphatic rings. The van der Waals surface area contributed by atoms with Crippen molar-refractivity contribution in [1.82, 2.24) is 4.90 Å². The second-order valence-electron chi connectivity index (χ2n) is 5.46. The Labute approximate surface area is 134 Å². The molecule has 0 unspecified atom stereocenters. The van der Waals surface area contributed by atoms with Gasteiger partial charge in [-0.25, -0.2) is 8.78 Å². The number of ether oxygens (including phenoxy) is 2. The lowest BCUT2D eigenvalue weighted by Gasteiger charge is -2.31. The lowest BCUT2D eigenvalue weighted by molar-refractivity contribution is -0.136. The molecular formula is C16H22F2N2O3. The van der Waals surface area contributed by atoms with Crippen LogP contribution in [0, 0.1) is 11.6 Å². The van der Waals surface area contributed by atoms with Gasteiger partial charge in [0.25, 0.3) is 5.91 Å². The number of piperidine rings is 1. The molecule has 0 atom stereocenters. The van der Waals surface area contributed by atoms with Gasteiger partial charge in [0, 0.05) is 25.8 Å². The van der Waals surface area contributed by atoms with E-state index in [1.807, 2.05) is 0 Å². The molecule has 0 saturated carbocycles. The summed E-state index contributed by atoms with van der Waals surface area (Å²) >= 11 is 0. The SMILES string of the molecule is NCCCOC1CCN(C(=O)COc2ccc(F)cc2F)CC1. The van der Waals surface area contributed by atoms with Crippen molar-refractivity contribution < 1.29 is 23.0 Å². The Morgan fingerprint density at radius 1 is 1.30 bits per heavy atom. The topological polar surface area (TPSA) is 64.8 Å². The first-order valence-electron chi connectivity index (χ1n) is 7.77. The predicted molar refractivity (Wildman–Crippen MR) is 81.1 cm³/mol. The molecule has 1 saturated heterocycles. The van der Waals surface area contributed by atoms with Crippen LogP contribution in [0.1, 0.15) is 19.3 Å². The van der Waals surface area contributed by atoms with E-state index in [-0.39, 0.29) is 24.4 Å². The summed E-state index contributed by atoms with van der Waals surface area (Å²) in [5, 5.41) is 0. The van der Waals surface area contributed by atoms with Gasteiger partial charge in [0.1, 0.15) is 5.82 Å². The van der Waals surface area contributed by atoms with E-state index in [0.29, 0.717) is 26.2 Å². The lowest BCUT2D eigenvalue weighted by atomic mass is 10.1. The Bertz CT molecular complexity index is 520. The maximum atomic E-state index is 13.4. The van der Waals surface area contributed by atoms with Gasteiger partial charge in [0.2, 0.25) is 0 Å². The number of hydrogen-bond acceptors (Lipinski definition) is 4. The van der Waals surface area contributed by atoms with Crippen molar-refractivity contribution >= 4 is 5.91 Å². The molecule has 1 amide bonds. The summed E-state index contributed by atoms with van der Waals surface area (Å²) in [4.78, 5) is 13.7. The van der Waals surface area contributed by atoms with Crippen molar-refractivity contribution in [1.29, 1.82) is 0 Å². The van der Waals surface area contributed by atoms with Crippen molar-refractivity contribution in [2.45, 2.75) is 25.4 Å². The minimum Gasteiger partial charge on any atom is -0.481 e. The third kappa shape index (κ3) is 5.44. The first-order chi connectivity index (χ1) is 11.1. The van der Waals surface area contributed by atoms with Crippen molar-refractivity contribution in [2.24, 2.45) is 5.73 Å². The molecule has 128 valence electrons. The number of nitrogens with zero attached hydrogens (tertiary/aromatic N) is 1.